The second kappa shape index (κ2) is 9.21. The number of fused-ring (bicyclic) bond motifs is 3. The molecule has 0 fully saturated rings. The lowest BCUT2D eigenvalue weighted by Crippen LogP contribution is -2.19. The predicted molar refractivity (Wildman–Crippen MR) is 131 cm³/mol. The Morgan fingerprint density at radius 1 is 1.12 bits per heavy atom. The van der Waals surface area contributed by atoms with Gasteiger partial charge in [0.25, 0.3) is 5.62 Å². The molecule has 0 amide bonds. The normalized spacial score (nSPS) is 13.4. The summed E-state index contributed by atoms with van der Waals surface area (Å²) in [7, 11) is 4.05. The van der Waals surface area contributed by atoms with Crippen molar-refractivity contribution >= 4 is 23.1 Å². The molecule has 3 heterocycles. The molecule has 5 rings (SSSR count). The van der Waals surface area contributed by atoms with Crippen molar-refractivity contribution in [1.29, 1.82) is 0 Å². The Morgan fingerprint density at radius 2 is 1.94 bits per heavy atom. The number of rotatable bonds is 6. The molecule has 0 atom stereocenters. The van der Waals surface area contributed by atoms with Crippen molar-refractivity contribution in [3.63, 3.8) is 0 Å². The Kier molecular flexibility index (Phi) is 5.98. The lowest BCUT2D eigenvalue weighted by atomic mass is 10.0. The second-order valence-electron chi connectivity index (χ2n) is 8.17. The largest absolute Gasteiger partial charge is 0.492 e. The number of likely N-dealkylation sites (N-methyl/N-ethyl adjacent to an activating group) is 1. The van der Waals surface area contributed by atoms with E-state index in [2.05, 4.69) is 30.8 Å². The quantitative estimate of drug-likeness (QED) is 0.464. The minimum Gasteiger partial charge on any atom is -0.492 e. The van der Waals surface area contributed by atoms with Crippen molar-refractivity contribution in [3.05, 3.63) is 71.4 Å². The summed E-state index contributed by atoms with van der Waals surface area (Å²) in [5.41, 5.74) is 4.18. The smallest absolute Gasteiger partial charge is 0.251 e. The molecular formula is C25H25ClN6O. The Morgan fingerprint density at radius 3 is 2.73 bits per heavy atom. The van der Waals surface area contributed by atoms with E-state index < -0.39 is 0 Å². The third-order valence-electron chi connectivity index (χ3n) is 5.53. The van der Waals surface area contributed by atoms with Gasteiger partial charge in [-0.2, -0.15) is 4.98 Å². The van der Waals surface area contributed by atoms with Crippen molar-refractivity contribution in [1.82, 2.24) is 19.4 Å². The van der Waals surface area contributed by atoms with Crippen LogP contribution in [0, 0.1) is 0 Å². The van der Waals surface area contributed by atoms with Crippen molar-refractivity contribution in [2.45, 2.75) is 6.54 Å². The molecule has 2 aromatic rings. The Bertz CT molecular complexity index is 1320. The number of halogens is 1. The number of ether oxygens (including phenoxy) is 1. The molecule has 0 saturated heterocycles. The SMILES string of the molecule is CN(C)CCOc1ccc(N=c2ncc3cc(-c4ccccc4Cl)c4n(c-3n2)CCN4)cc1. The van der Waals surface area contributed by atoms with E-state index >= 15 is 0 Å². The maximum absolute atomic E-state index is 6.49. The maximum Gasteiger partial charge on any atom is 0.251 e. The number of aromatic nitrogens is 3. The highest BCUT2D eigenvalue weighted by Crippen LogP contribution is 2.39. The summed E-state index contributed by atoms with van der Waals surface area (Å²) in [6.45, 7) is 3.16. The third-order valence-corrected chi connectivity index (χ3v) is 5.86. The third kappa shape index (κ3) is 4.55. The number of nitrogens with one attached hydrogen (secondary N) is 1. The molecule has 2 aromatic carbocycles. The highest BCUT2D eigenvalue weighted by molar-refractivity contribution is 6.33. The number of hydrogen-bond donors (Lipinski definition) is 1. The molecule has 3 aliphatic heterocycles. The van der Waals surface area contributed by atoms with E-state index in [0.29, 0.717) is 12.2 Å². The van der Waals surface area contributed by atoms with Crippen molar-refractivity contribution in [3.8, 4) is 28.3 Å². The summed E-state index contributed by atoms with van der Waals surface area (Å²) >= 11 is 6.49. The van der Waals surface area contributed by atoms with E-state index in [0.717, 1.165) is 64.4 Å². The van der Waals surface area contributed by atoms with Crippen LogP contribution in [0.1, 0.15) is 0 Å². The number of nitrogens with zero attached hydrogens (tertiary/aromatic N) is 5. The number of pyridine rings is 1. The first-order valence-electron chi connectivity index (χ1n) is 10.9. The molecule has 0 unspecified atom stereocenters. The predicted octanol–water partition coefficient (Wildman–Crippen LogP) is 4.30. The van der Waals surface area contributed by atoms with Crippen LogP contribution in [0.25, 0.3) is 22.5 Å². The lowest BCUT2D eigenvalue weighted by Gasteiger charge is -2.17. The summed E-state index contributed by atoms with van der Waals surface area (Å²) in [4.78, 5) is 16.0. The molecule has 0 radical (unpaired) electrons. The first-order chi connectivity index (χ1) is 16.1. The topological polar surface area (TPSA) is 67.6 Å². The van der Waals surface area contributed by atoms with Gasteiger partial charge in [0.05, 0.1) is 5.69 Å². The van der Waals surface area contributed by atoms with Gasteiger partial charge in [-0.05, 0) is 50.5 Å². The van der Waals surface area contributed by atoms with E-state index in [9.17, 15) is 0 Å². The van der Waals surface area contributed by atoms with E-state index in [4.69, 9.17) is 21.3 Å². The fourth-order valence-corrected chi connectivity index (χ4v) is 4.12. The van der Waals surface area contributed by atoms with Crippen LogP contribution in [0.4, 0.5) is 11.5 Å². The highest BCUT2D eigenvalue weighted by Gasteiger charge is 2.22. The second-order valence-corrected chi connectivity index (χ2v) is 8.58. The van der Waals surface area contributed by atoms with Gasteiger partial charge < -0.3 is 19.5 Å². The van der Waals surface area contributed by atoms with Crippen LogP contribution in [-0.4, -0.2) is 53.2 Å². The molecule has 0 spiro atoms. The minimum absolute atomic E-state index is 0.427. The van der Waals surface area contributed by atoms with Crippen LogP contribution in [0.5, 0.6) is 5.75 Å². The van der Waals surface area contributed by atoms with Crippen LogP contribution in [0.3, 0.4) is 0 Å². The average molecular weight is 461 g/mol. The molecule has 168 valence electrons. The standard InChI is InChI=1S/C25H25ClN6O/c1-31(2)13-14-33-19-9-7-18(8-10-19)29-25-28-16-17-15-21(20-5-3-4-6-22(20)26)24-27-11-12-32(24)23(17)30-25/h3-10,15-16,27H,11-14H2,1-2H3. The van der Waals surface area contributed by atoms with Crippen molar-refractivity contribution in [2.75, 3.05) is 39.1 Å². The van der Waals surface area contributed by atoms with E-state index in [1.165, 1.54) is 0 Å². The molecule has 1 N–H and O–H groups in total. The molecule has 0 saturated carbocycles. The van der Waals surface area contributed by atoms with Crippen LogP contribution >= 0.6 is 11.6 Å². The molecule has 0 aromatic heterocycles. The van der Waals surface area contributed by atoms with Gasteiger partial charge in [-0.25, -0.2) is 9.98 Å². The molecule has 33 heavy (non-hydrogen) atoms. The zero-order chi connectivity index (χ0) is 22.8. The van der Waals surface area contributed by atoms with Crippen LogP contribution in [0.2, 0.25) is 5.02 Å². The fourth-order valence-electron chi connectivity index (χ4n) is 3.88. The van der Waals surface area contributed by atoms with Gasteiger partial charge in [-0.15, -0.1) is 0 Å². The van der Waals surface area contributed by atoms with Gasteiger partial charge in [-0.1, -0.05) is 29.8 Å². The average Bonchev–Trinajstić information content (AvgIpc) is 3.31. The number of hydrogen-bond acceptors (Lipinski definition) is 6. The molecule has 3 aliphatic rings. The first-order valence-corrected chi connectivity index (χ1v) is 11.3. The molecular weight excluding hydrogens is 436 g/mol. The summed E-state index contributed by atoms with van der Waals surface area (Å²) in [5, 5.41) is 4.20. The molecule has 0 bridgehead atoms. The Labute approximate surface area is 197 Å². The number of anilines is 1. The number of benzene rings is 2. The fraction of sp³-hybridized carbons (Fsp3) is 0.240. The van der Waals surface area contributed by atoms with Crippen molar-refractivity contribution < 1.29 is 4.74 Å². The van der Waals surface area contributed by atoms with Gasteiger partial charge in [-0.3, -0.25) is 0 Å². The molecule has 7 nitrogen and oxygen atoms in total. The zero-order valence-electron chi connectivity index (χ0n) is 18.6. The summed E-state index contributed by atoms with van der Waals surface area (Å²) < 4.78 is 7.93. The van der Waals surface area contributed by atoms with E-state index in [1.54, 1.807) is 0 Å². The summed E-state index contributed by atoms with van der Waals surface area (Å²) in [5.74, 6) is 2.68. The van der Waals surface area contributed by atoms with Gasteiger partial charge in [0.2, 0.25) is 0 Å². The Hall–Kier alpha value is -3.42. The monoisotopic (exact) mass is 460 g/mol. The maximum atomic E-state index is 6.49. The zero-order valence-corrected chi connectivity index (χ0v) is 19.4. The van der Waals surface area contributed by atoms with Gasteiger partial charge in [0.15, 0.2) is 0 Å². The van der Waals surface area contributed by atoms with Gasteiger partial charge in [0.1, 0.15) is 24.0 Å². The summed E-state index contributed by atoms with van der Waals surface area (Å²) in [6, 6.07) is 17.6. The lowest BCUT2D eigenvalue weighted by molar-refractivity contribution is 0.261. The van der Waals surface area contributed by atoms with E-state index in [1.807, 2.05) is 68.8 Å². The minimum atomic E-state index is 0.427. The van der Waals surface area contributed by atoms with Crippen LogP contribution < -0.4 is 15.7 Å². The van der Waals surface area contributed by atoms with E-state index in [-0.39, 0.29) is 0 Å². The Balaban J connectivity index is 1.48. The molecule has 0 aliphatic carbocycles. The first kappa shape index (κ1) is 21.4. The highest BCUT2D eigenvalue weighted by atomic mass is 35.5. The summed E-state index contributed by atoms with van der Waals surface area (Å²) in [6.07, 6.45) is 1.83. The van der Waals surface area contributed by atoms with Gasteiger partial charge >= 0.3 is 0 Å². The van der Waals surface area contributed by atoms with Gasteiger partial charge in [0, 0.05) is 47.5 Å². The molecule has 8 heteroatoms. The van der Waals surface area contributed by atoms with Crippen molar-refractivity contribution in [2.24, 2.45) is 4.99 Å². The van der Waals surface area contributed by atoms with Crippen LogP contribution in [0.15, 0.2) is 65.8 Å². The van der Waals surface area contributed by atoms with Crippen LogP contribution in [-0.2, 0) is 6.54 Å².